The minimum Gasteiger partial charge on any atom is -0.497 e. The van der Waals surface area contributed by atoms with E-state index in [9.17, 15) is 4.39 Å². The molecule has 5 nitrogen and oxygen atoms in total. The van der Waals surface area contributed by atoms with Crippen molar-refractivity contribution in [3.05, 3.63) is 77.6 Å². The molecule has 2 heterocycles. The number of aromatic nitrogens is 2. The van der Waals surface area contributed by atoms with E-state index in [1.54, 1.807) is 25.6 Å². The lowest BCUT2D eigenvalue weighted by Gasteiger charge is -2.37. The third-order valence-electron chi connectivity index (χ3n) is 4.69. The maximum Gasteiger partial charge on any atom is 0.174 e. The van der Waals surface area contributed by atoms with Gasteiger partial charge in [0.15, 0.2) is 5.11 Å². The van der Waals surface area contributed by atoms with E-state index in [1.807, 2.05) is 24.3 Å². The second kappa shape index (κ2) is 7.36. The van der Waals surface area contributed by atoms with Crippen LogP contribution in [0.5, 0.6) is 5.75 Å². The summed E-state index contributed by atoms with van der Waals surface area (Å²) < 4.78 is 18.7. The zero-order valence-electron chi connectivity index (χ0n) is 14.8. The summed E-state index contributed by atoms with van der Waals surface area (Å²) >= 11 is 5.70. The normalized spacial score (nSPS) is 15.9. The van der Waals surface area contributed by atoms with Gasteiger partial charge in [-0.15, -0.1) is 0 Å². The average molecular weight is 382 g/mol. The van der Waals surface area contributed by atoms with Crippen molar-refractivity contribution in [2.75, 3.05) is 19.0 Å². The van der Waals surface area contributed by atoms with Crippen LogP contribution in [0.2, 0.25) is 0 Å². The first-order chi connectivity index (χ1) is 13.2. The predicted octanol–water partition coefficient (Wildman–Crippen LogP) is 3.90. The molecule has 2 N–H and O–H groups in total. The molecule has 0 radical (unpaired) electrons. The van der Waals surface area contributed by atoms with Crippen molar-refractivity contribution in [3.8, 4) is 5.75 Å². The molecular weight excluding hydrogens is 363 g/mol. The molecule has 0 saturated heterocycles. The average Bonchev–Trinajstić information content (AvgIpc) is 3.17. The molecule has 1 aliphatic rings. The van der Waals surface area contributed by atoms with Crippen molar-refractivity contribution in [3.63, 3.8) is 0 Å². The van der Waals surface area contributed by atoms with Gasteiger partial charge in [-0.3, -0.25) is 0 Å². The molecule has 4 rings (SSSR count). The number of hydrogen-bond donors (Lipinski definition) is 2. The van der Waals surface area contributed by atoms with Gasteiger partial charge in [0.1, 0.15) is 17.6 Å². The minimum atomic E-state index is -0.263. The lowest BCUT2D eigenvalue weighted by atomic mass is 9.96. The fourth-order valence-corrected chi connectivity index (χ4v) is 3.69. The highest BCUT2D eigenvalue weighted by Gasteiger charge is 2.32. The maximum atomic E-state index is 13.4. The summed E-state index contributed by atoms with van der Waals surface area (Å²) in [6.07, 6.45) is 2.51. The van der Waals surface area contributed by atoms with Crippen LogP contribution >= 0.6 is 12.2 Å². The number of nitrogens with one attached hydrogen (secondary N) is 2. The van der Waals surface area contributed by atoms with Crippen LogP contribution in [-0.2, 0) is 6.42 Å². The number of benzene rings is 2. The molecule has 0 unspecified atom stereocenters. The van der Waals surface area contributed by atoms with Crippen LogP contribution in [0.1, 0.15) is 23.0 Å². The van der Waals surface area contributed by atoms with Crippen LogP contribution in [-0.4, -0.2) is 33.6 Å². The van der Waals surface area contributed by atoms with Crippen LogP contribution in [0.4, 0.5) is 10.1 Å². The van der Waals surface area contributed by atoms with Gasteiger partial charge in [0, 0.05) is 30.4 Å². The SMILES string of the molecule is COc1cccc(NC(=S)N2CCc3[nH]cnc3[C@H]2c2ccc(F)cc2)c1. The fourth-order valence-electron chi connectivity index (χ4n) is 3.37. The number of thiocarbonyl (C=S) groups is 1. The topological polar surface area (TPSA) is 53.2 Å². The molecule has 0 saturated carbocycles. The van der Waals surface area contributed by atoms with E-state index in [-0.39, 0.29) is 11.9 Å². The quantitative estimate of drug-likeness (QED) is 0.673. The first-order valence-electron chi connectivity index (χ1n) is 8.65. The number of halogens is 1. The van der Waals surface area contributed by atoms with Crippen molar-refractivity contribution < 1.29 is 9.13 Å². The minimum absolute atomic E-state index is 0.175. The Hall–Kier alpha value is -2.93. The van der Waals surface area contributed by atoms with Crippen LogP contribution in [0, 0.1) is 5.82 Å². The summed E-state index contributed by atoms with van der Waals surface area (Å²) in [4.78, 5) is 9.80. The number of imidazole rings is 1. The number of fused-ring (bicyclic) bond motifs is 1. The van der Waals surface area contributed by atoms with E-state index in [4.69, 9.17) is 17.0 Å². The first-order valence-corrected chi connectivity index (χ1v) is 9.06. The first kappa shape index (κ1) is 17.5. The summed E-state index contributed by atoms with van der Waals surface area (Å²) in [5.74, 6) is 0.492. The molecule has 1 aromatic heterocycles. The summed E-state index contributed by atoms with van der Waals surface area (Å²) in [6.45, 7) is 0.729. The number of H-pyrrole nitrogens is 1. The highest BCUT2D eigenvalue weighted by atomic mass is 32.1. The molecule has 138 valence electrons. The van der Waals surface area contributed by atoms with Crippen molar-refractivity contribution in [1.82, 2.24) is 14.9 Å². The molecule has 1 atom stereocenters. The van der Waals surface area contributed by atoms with Crippen LogP contribution in [0.15, 0.2) is 54.9 Å². The van der Waals surface area contributed by atoms with Crippen molar-refractivity contribution in [2.45, 2.75) is 12.5 Å². The Labute approximate surface area is 162 Å². The van der Waals surface area contributed by atoms with Crippen molar-refractivity contribution in [2.24, 2.45) is 0 Å². The Morgan fingerprint density at radius 2 is 2.11 bits per heavy atom. The van der Waals surface area contributed by atoms with Crippen LogP contribution in [0.25, 0.3) is 0 Å². The number of rotatable bonds is 3. The second-order valence-electron chi connectivity index (χ2n) is 6.33. The predicted molar refractivity (Wildman–Crippen MR) is 106 cm³/mol. The Kier molecular flexibility index (Phi) is 4.77. The third kappa shape index (κ3) is 3.50. The Bertz CT molecular complexity index is 957. The fraction of sp³-hybridized carbons (Fsp3) is 0.200. The van der Waals surface area contributed by atoms with E-state index in [1.165, 1.54) is 12.1 Å². The highest BCUT2D eigenvalue weighted by molar-refractivity contribution is 7.80. The van der Waals surface area contributed by atoms with Gasteiger partial charge >= 0.3 is 0 Å². The van der Waals surface area contributed by atoms with Gasteiger partial charge in [-0.1, -0.05) is 18.2 Å². The van der Waals surface area contributed by atoms with Crippen molar-refractivity contribution in [1.29, 1.82) is 0 Å². The van der Waals surface area contributed by atoms with Gasteiger partial charge in [0.25, 0.3) is 0 Å². The van der Waals surface area contributed by atoms with Gasteiger partial charge in [-0.25, -0.2) is 9.37 Å². The van der Waals surface area contributed by atoms with Gasteiger partial charge < -0.3 is 19.9 Å². The molecule has 1 aliphatic heterocycles. The zero-order valence-corrected chi connectivity index (χ0v) is 15.6. The molecule has 3 aromatic rings. The zero-order chi connectivity index (χ0) is 18.8. The third-order valence-corrected chi connectivity index (χ3v) is 5.03. The summed E-state index contributed by atoms with van der Waals surface area (Å²) in [6, 6.07) is 13.9. The molecule has 0 aliphatic carbocycles. The lowest BCUT2D eigenvalue weighted by molar-refractivity contribution is 0.336. The number of aromatic amines is 1. The number of methoxy groups -OCH3 is 1. The van der Waals surface area contributed by atoms with Gasteiger partial charge in [-0.05, 0) is 42.0 Å². The molecule has 0 spiro atoms. The van der Waals surface area contributed by atoms with Gasteiger partial charge in [0.2, 0.25) is 0 Å². The van der Waals surface area contributed by atoms with Crippen LogP contribution in [0.3, 0.4) is 0 Å². The van der Waals surface area contributed by atoms with Gasteiger partial charge in [0.05, 0.1) is 19.1 Å². The molecule has 0 amide bonds. The van der Waals surface area contributed by atoms with Crippen LogP contribution < -0.4 is 10.1 Å². The molecule has 2 aromatic carbocycles. The smallest absolute Gasteiger partial charge is 0.174 e. The maximum absolute atomic E-state index is 13.4. The number of ether oxygens (including phenoxy) is 1. The van der Waals surface area contributed by atoms with Crippen molar-refractivity contribution >= 4 is 23.0 Å². The number of anilines is 1. The summed E-state index contributed by atoms with van der Waals surface area (Å²) in [5, 5.41) is 3.87. The highest BCUT2D eigenvalue weighted by Crippen LogP contribution is 2.34. The van der Waals surface area contributed by atoms with E-state index in [2.05, 4.69) is 20.2 Å². The summed E-state index contributed by atoms with van der Waals surface area (Å²) in [5.41, 5.74) is 3.80. The molecule has 0 bridgehead atoms. The largest absolute Gasteiger partial charge is 0.497 e. The molecule has 27 heavy (non-hydrogen) atoms. The van der Waals surface area contributed by atoms with Gasteiger partial charge in [-0.2, -0.15) is 0 Å². The molecule has 7 heteroatoms. The van der Waals surface area contributed by atoms with E-state index >= 15 is 0 Å². The second-order valence-corrected chi connectivity index (χ2v) is 6.71. The molecular formula is C20H19FN4OS. The lowest BCUT2D eigenvalue weighted by Crippen LogP contribution is -2.43. The van der Waals surface area contributed by atoms with E-state index in [0.717, 1.165) is 41.4 Å². The summed E-state index contributed by atoms with van der Waals surface area (Å²) in [7, 11) is 1.63. The monoisotopic (exact) mass is 382 g/mol. The Morgan fingerprint density at radius 3 is 2.89 bits per heavy atom. The Balaban J connectivity index is 1.65. The van der Waals surface area contributed by atoms with E-state index in [0.29, 0.717) is 5.11 Å². The Morgan fingerprint density at radius 1 is 1.30 bits per heavy atom. The number of hydrogen-bond acceptors (Lipinski definition) is 3. The van der Waals surface area contributed by atoms with E-state index < -0.39 is 0 Å². The standard InChI is InChI=1S/C20H19FN4OS/c1-26-16-4-2-3-15(11-16)24-20(27)25-10-9-17-18(23-12-22-17)19(25)13-5-7-14(21)8-6-13/h2-8,11-12,19H,9-10H2,1H3,(H,22,23)(H,24,27)/t19-/m1/s1. The molecule has 0 fully saturated rings. The number of nitrogens with zero attached hydrogens (tertiary/aromatic N) is 2.